The monoisotopic (exact) mass is 433 g/mol. The van der Waals surface area contributed by atoms with Crippen molar-refractivity contribution in [3.05, 3.63) is 0 Å². The Morgan fingerprint density at radius 3 is 1.62 bits per heavy atom. The average Bonchev–Trinajstić information content (AvgIpc) is 2.73. The van der Waals surface area contributed by atoms with Gasteiger partial charge in [0.2, 0.25) is 0 Å². The van der Waals surface area contributed by atoms with Gasteiger partial charge in [-0.1, -0.05) is 71.1 Å². The number of aliphatic carboxylic acids is 1. The molecule has 1 N–H and O–H groups in total. The molecule has 0 fully saturated rings. The molecule has 29 heavy (non-hydrogen) atoms. The first kappa shape index (κ1) is 28.5. The molecule has 6 nitrogen and oxygen atoms in total. The summed E-state index contributed by atoms with van der Waals surface area (Å²) < 4.78 is 16.4. The molecule has 0 amide bonds. The van der Waals surface area contributed by atoms with Crippen LogP contribution in [0.3, 0.4) is 0 Å². The second kappa shape index (κ2) is 19.5. The van der Waals surface area contributed by atoms with Crippen molar-refractivity contribution < 1.29 is 23.2 Å². The molecule has 0 saturated carbocycles. The normalized spacial score (nSPS) is 12.0. The lowest BCUT2D eigenvalue weighted by atomic mass is 10.1. The molecule has 0 saturated heterocycles. The van der Waals surface area contributed by atoms with Crippen molar-refractivity contribution in [1.82, 2.24) is 4.90 Å². The Hall–Kier alpha value is -0.473. The third-order valence-corrected chi connectivity index (χ3v) is 8.44. The molecule has 0 aromatic rings. The summed E-state index contributed by atoms with van der Waals surface area (Å²) in [6.07, 6.45) is 15.7. The Bertz CT molecular complexity index is 372. The predicted octanol–water partition coefficient (Wildman–Crippen LogP) is 5.34. The van der Waals surface area contributed by atoms with E-state index in [1.54, 1.807) is 21.3 Å². The molecule has 0 atom stereocenters. The van der Waals surface area contributed by atoms with E-state index in [0.717, 1.165) is 32.0 Å². The van der Waals surface area contributed by atoms with Crippen LogP contribution < -0.4 is 0 Å². The van der Waals surface area contributed by atoms with Gasteiger partial charge >= 0.3 is 14.8 Å². The fraction of sp³-hybridized carbons (Fsp3) is 0.955. The van der Waals surface area contributed by atoms with E-state index < -0.39 is 14.8 Å². The molecule has 0 radical (unpaired) electrons. The van der Waals surface area contributed by atoms with Crippen LogP contribution in [0.25, 0.3) is 0 Å². The summed E-state index contributed by atoms with van der Waals surface area (Å²) in [5.41, 5.74) is 0. The molecule has 0 aromatic heterocycles. The van der Waals surface area contributed by atoms with E-state index in [1.165, 1.54) is 64.2 Å². The van der Waals surface area contributed by atoms with Crippen molar-refractivity contribution in [1.29, 1.82) is 0 Å². The zero-order chi connectivity index (χ0) is 21.8. The molecule has 0 aliphatic carbocycles. The molecule has 0 bridgehead atoms. The number of nitrogens with zero attached hydrogens (tertiary/aromatic N) is 1. The average molecular weight is 434 g/mol. The van der Waals surface area contributed by atoms with Gasteiger partial charge in [-0.3, -0.25) is 4.79 Å². The Morgan fingerprint density at radius 2 is 1.17 bits per heavy atom. The standard InChI is InChI=1S/C22H47NO5Si/c1-5-6-7-8-9-10-11-12-13-14-15-18-23(20-17-22(24)25)19-16-21-29(26-2,27-3)28-4/h5-21H2,1-4H3,(H,24,25). The zero-order valence-corrected chi connectivity index (χ0v) is 20.5. The Labute approximate surface area is 180 Å². The lowest BCUT2D eigenvalue weighted by Gasteiger charge is -2.26. The van der Waals surface area contributed by atoms with E-state index in [1.807, 2.05) is 0 Å². The molecule has 7 heteroatoms. The smallest absolute Gasteiger partial charge is 0.481 e. The number of carboxylic acids is 1. The SMILES string of the molecule is CCCCCCCCCCCCCN(CCC[Si](OC)(OC)OC)CCC(=O)O. The Balaban J connectivity index is 3.96. The van der Waals surface area contributed by atoms with Gasteiger partial charge in [-0.2, -0.15) is 0 Å². The maximum atomic E-state index is 11.0. The van der Waals surface area contributed by atoms with Crippen molar-refractivity contribution in [2.75, 3.05) is 41.0 Å². The first-order valence-corrected chi connectivity index (χ1v) is 13.6. The first-order valence-electron chi connectivity index (χ1n) is 11.6. The number of carbonyl (C=O) groups is 1. The maximum absolute atomic E-state index is 11.0. The summed E-state index contributed by atoms with van der Waals surface area (Å²) >= 11 is 0. The van der Waals surface area contributed by atoms with Gasteiger partial charge in [0.15, 0.2) is 0 Å². The van der Waals surface area contributed by atoms with Crippen molar-refractivity contribution in [3.63, 3.8) is 0 Å². The molecule has 0 rings (SSSR count). The minimum absolute atomic E-state index is 0.194. The molecule has 0 heterocycles. The second-order valence-electron chi connectivity index (χ2n) is 7.92. The highest BCUT2D eigenvalue weighted by Gasteiger charge is 2.37. The van der Waals surface area contributed by atoms with Crippen LogP contribution in [-0.2, 0) is 18.1 Å². The van der Waals surface area contributed by atoms with E-state index in [4.69, 9.17) is 18.4 Å². The summed E-state index contributed by atoms with van der Waals surface area (Å²) in [4.78, 5) is 13.2. The Kier molecular flexibility index (Phi) is 19.2. The lowest BCUT2D eigenvalue weighted by Crippen LogP contribution is -2.43. The van der Waals surface area contributed by atoms with Crippen LogP contribution >= 0.6 is 0 Å². The molecule has 0 aliphatic heterocycles. The van der Waals surface area contributed by atoms with E-state index in [2.05, 4.69) is 11.8 Å². The fourth-order valence-electron chi connectivity index (χ4n) is 3.66. The molecule has 174 valence electrons. The lowest BCUT2D eigenvalue weighted by molar-refractivity contribution is -0.137. The minimum Gasteiger partial charge on any atom is -0.481 e. The number of unbranched alkanes of at least 4 members (excludes halogenated alkanes) is 10. The molecular formula is C22H47NO5Si. The second-order valence-corrected chi connectivity index (χ2v) is 11.0. The van der Waals surface area contributed by atoms with E-state index in [9.17, 15) is 4.79 Å². The van der Waals surface area contributed by atoms with Gasteiger partial charge in [0, 0.05) is 33.9 Å². The van der Waals surface area contributed by atoms with Gasteiger partial charge < -0.3 is 23.3 Å². The van der Waals surface area contributed by atoms with Crippen molar-refractivity contribution in [2.45, 2.75) is 96.4 Å². The van der Waals surface area contributed by atoms with Gasteiger partial charge in [0.25, 0.3) is 0 Å². The van der Waals surface area contributed by atoms with Gasteiger partial charge in [-0.15, -0.1) is 0 Å². The number of hydrogen-bond acceptors (Lipinski definition) is 5. The van der Waals surface area contributed by atoms with E-state index >= 15 is 0 Å². The number of rotatable bonds is 22. The Morgan fingerprint density at radius 1 is 0.724 bits per heavy atom. The zero-order valence-electron chi connectivity index (χ0n) is 19.5. The van der Waals surface area contributed by atoms with E-state index in [0.29, 0.717) is 6.54 Å². The van der Waals surface area contributed by atoms with Crippen LogP contribution in [0.4, 0.5) is 0 Å². The fourth-order valence-corrected chi connectivity index (χ4v) is 5.37. The highest BCUT2D eigenvalue weighted by atomic mass is 28.4. The largest absolute Gasteiger partial charge is 0.500 e. The van der Waals surface area contributed by atoms with Gasteiger partial charge in [-0.05, 0) is 25.9 Å². The summed E-state index contributed by atoms with van der Waals surface area (Å²) in [5, 5.41) is 9.01. The third-order valence-electron chi connectivity index (χ3n) is 5.61. The van der Waals surface area contributed by atoms with Gasteiger partial charge in [-0.25, -0.2) is 0 Å². The predicted molar refractivity (Wildman–Crippen MR) is 121 cm³/mol. The van der Waals surface area contributed by atoms with Crippen LogP contribution in [0.15, 0.2) is 0 Å². The third kappa shape index (κ3) is 16.0. The van der Waals surface area contributed by atoms with E-state index in [-0.39, 0.29) is 6.42 Å². The molecule has 0 spiro atoms. The number of carboxylic acid groups (broad SMARTS) is 1. The molecule has 0 unspecified atom stereocenters. The molecular weight excluding hydrogens is 386 g/mol. The quantitative estimate of drug-likeness (QED) is 0.183. The summed E-state index contributed by atoms with van der Waals surface area (Å²) in [6.45, 7) is 4.69. The highest BCUT2D eigenvalue weighted by Crippen LogP contribution is 2.16. The van der Waals surface area contributed by atoms with Crippen LogP contribution in [0, 0.1) is 0 Å². The van der Waals surface area contributed by atoms with Crippen LogP contribution in [-0.4, -0.2) is 65.7 Å². The number of hydrogen-bond donors (Lipinski definition) is 1. The van der Waals surface area contributed by atoms with Crippen LogP contribution in [0.2, 0.25) is 6.04 Å². The topological polar surface area (TPSA) is 68.2 Å². The van der Waals surface area contributed by atoms with Gasteiger partial charge in [0.1, 0.15) is 0 Å². The maximum Gasteiger partial charge on any atom is 0.500 e. The van der Waals surface area contributed by atoms with Crippen molar-refractivity contribution >= 4 is 14.8 Å². The van der Waals surface area contributed by atoms with Crippen LogP contribution in [0.5, 0.6) is 0 Å². The summed E-state index contributed by atoms with van der Waals surface area (Å²) in [6, 6.07) is 0.748. The molecule has 0 aromatic carbocycles. The minimum atomic E-state index is -2.54. The summed E-state index contributed by atoms with van der Waals surface area (Å²) in [5.74, 6) is -0.733. The first-order chi connectivity index (χ1) is 14.0. The summed E-state index contributed by atoms with van der Waals surface area (Å²) in [7, 11) is 2.35. The van der Waals surface area contributed by atoms with Crippen LogP contribution in [0.1, 0.15) is 90.4 Å². The molecule has 0 aliphatic rings. The van der Waals surface area contributed by atoms with Gasteiger partial charge in [0.05, 0.1) is 6.42 Å². The van der Waals surface area contributed by atoms with Crippen molar-refractivity contribution in [3.8, 4) is 0 Å². The van der Waals surface area contributed by atoms with Crippen molar-refractivity contribution in [2.24, 2.45) is 0 Å². The highest BCUT2D eigenvalue weighted by molar-refractivity contribution is 6.60.